The van der Waals surface area contributed by atoms with Gasteiger partial charge in [0.1, 0.15) is 11.4 Å². The van der Waals surface area contributed by atoms with Crippen molar-refractivity contribution in [3.63, 3.8) is 0 Å². The van der Waals surface area contributed by atoms with Crippen LogP contribution in [0.5, 0.6) is 0 Å². The normalized spacial score (nSPS) is 10.9. The van der Waals surface area contributed by atoms with Crippen molar-refractivity contribution < 1.29 is 4.79 Å². The van der Waals surface area contributed by atoms with Gasteiger partial charge in [0.05, 0.1) is 5.39 Å². The van der Waals surface area contributed by atoms with E-state index < -0.39 is 5.69 Å². The third kappa shape index (κ3) is 2.83. The molecule has 3 rings (SSSR count). The summed E-state index contributed by atoms with van der Waals surface area (Å²) in [5.74, 6) is -0.315. The molecule has 1 N–H and O–H groups in total. The Morgan fingerprint density at radius 1 is 1.22 bits per heavy atom. The number of nitrogens with zero attached hydrogens (tertiary/aromatic N) is 2. The van der Waals surface area contributed by atoms with Crippen LogP contribution in [0.3, 0.4) is 0 Å². The van der Waals surface area contributed by atoms with Crippen LogP contribution in [-0.4, -0.2) is 15.0 Å². The predicted octanol–water partition coefficient (Wildman–Crippen LogP) is 1.71. The van der Waals surface area contributed by atoms with Crippen LogP contribution in [0.15, 0.2) is 46.0 Å². The summed E-state index contributed by atoms with van der Waals surface area (Å²) in [5, 5.41) is 3.20. The van der Waals surface area contributed by atoms with Gasteiger partial charge in [-0.3, -0.25) is 18.7 Å². The zero-order chi connectivity index (χ0) is 16.6. The van der Waals surface area contributed by atoms with Crippen molar-refractivity contribution in [1.29, 1.82) is 0 Å². The first kappa shape index (κ1) is 15.2. The molecule has 0 fully saturated rings. The van der Waals surface area contributed by atoms with Crippen LogP contribution in [0.25, 0.3) is 10.2 Å². The van der Waals surface area contributed by atoms with E-state index in [9.17, 15) is 14.4 Å². The molecule has 0 atom stereocenters. The third-order valence-electron chi connectivity index (χ3n) is 3.49. The molecule has 1 amide bonds. The smallest absolute Gasteiger partial charge is 0.325 e. The van der Waals surface area contributed by atoms with E-state index in [2.05, 4.69) is 5.32 Å². The van der Waals surface area contributed by atoms with Crippen LogP contribution < -0.4 is 16.6 Å². The molecule has 0 bridgehead atoms. The number of aryl methyl sites for hydroxylation is 1. The Balaban J connectivity index is 2.01. The van der Waals surface area contributed by atoms with Gasteiger partial charge in [-0.2, -0.15) is 0 Å². The predicted molar refractivity (Wildman–Crippen MR) is 91.1 cm³/mol. The summed E-state index contributed by atoms with van der Waals surface area (Å²) in [6, 6.07) is 10.8. The average molecular weight is 329 g/mol. The Kier molecular flexibility index (Phi) is 3.87. The van der Waals surface area contributed by atoms with Crippen LogP contribution >= 0.6 is 11.3 Å². The van der Waals surface area contributed by atoms with E-state index in [1.54, 1.807) is 18.2 Å². The van der Waals surface area contributed by atoms with Crippen LogP contribution in [-0.2, 0) is 18.4 Å². The minimum absolute atomic E-state index is 0.141. The van der Waals surface area contributed by atoms with E-state index >= 15 is 0 Å². The highest BCUT2D eigenvalue weighted by Crippen LogP contribution is 2.21. The lowest BCUT2D eigenvalue weighted by molar-refractivity contribution is -0.116. The summed E-state index contributed by atoms with van der Waals surface area (Å²) < 4.78 is 2.37. The first-order chi connectivity index (χ1) is 11.0. The SMILES string of the molecule is Cc1cc2c(=O)n(C)c(=O)n(CC(=O)Nc3ccccc3)c2s1. The number of fused-ring (bicyclic) bond motifs is 1. The second-order valence-electron chi connectivity index (χ2n) is 5.22. The molecule has 0 aliphatic carbocycles. The summed E-state index contributed by atoms with van der Waals surface area (Å²) in [7, 11) is 1.42. The van der Waals surface area contributed by atoms with Gasteiger partial charge in [-0.15, -0.1) is 11.3 Å². The highest BCUT2D eigenvalue weighted by Gasteiger charge is 2.15. The van der Waals surface area contributed by atoms with Crippen molar-refractivity contribution in [3.8, 4) is 0 Å². The summed E-state index contributed by atoms with van der Waals surface area (Å²) in [6.07, 6.45) is 0. The Morgan fingerprint density at radius 3 is 2.61 bits per heavy atom. The van der Waals surface area contributed by atoms with E-state index in [4.69, 9.17) is 0 Å². The first-order valence-corrected chi connectivity index (χ1v) is 7.84. The fourth-order valence-electron chi connectivity index (χ4n) is 2.40. The van der Waals surface area contributed by atoms with Crippen molar-refractivity contribution in [2.75, 3.05) is 5.32 Å². The van der Waals surface area contributed by atoms with Gasteiger partial charge in [-0.1, -0.05) is 18.2 Å². The van der Waals surface area contributed by atoms with Crippen molar-refractivity contribution in [1.82, 2.24) is 9.13 Å². The van der Waals surface area contributed by atoms with Crippen LogP contribution in [0.2, 0.25) is 0 Å². The largest absolute Gasteiger partial charge is 0.332 e. The molecule has 0 aliphatic heterocycles. The number of rotatable bonds is 3. The second kappa shape index (κ2) is 5.85. The Hall–Kier alpha value is -2.67. The number of thiophene rings is 1. The third-order valence-corrected chi connectivity index (χ3v) is 4.57. The standard InChI is InChI=1S/C16H15N3O3S/c1-10-8-12-14(21)18(2)16(22)19(15(12)23-10)9-13(20)17-11-6-4-3-5-7-11/h3-8H,9H2,1-2H3,(H,17,20). The first-order valence-electron chi connectivity index (χ1n) is 7.02. The number of para-hydroxylation sites is 1. The lowest BCUT2D eigenvalue weighted by atomic mass is 10.3. The van der Waals surface area contributed by atoms with Crippen molar-refractivity contribution in [2.45, 2.75) is 13.5 Å². The molecule has 2 aromatic heterocycles. The van der Waals surface area contributed by atoms with Gasteiger partial charge in [0.25, 0.3) is 5.56 Å². The monoisotopic (exact) mass is 329 g/mol. The lowest BCUT2D eigenvalue weighted by Crippen LogP contribution is -2.39. The number of carbonyl (C=O) groups excluding carboxylic acids is 1. The molecular weight excluding hydrogens is 314 g/mol. The highest BCUT2D eigenvalue weighted by atomic mass is 32.1. The van der Waals surface area contributed by atoms with Gasteiger partial charge in [0.2, 0.25) is 5.91 Å². The van der Waals surface area contributed by atoms with Gasteiger partial charge in [0, 0.05) is 17.6 Å². The van der Waals surface area contributed by atoms with Gasteiger partial charge in [0.15, 0.2) is 0 Å². The summed E-state index contributed by atoms with van der Waals surface area (Å²) >= 11 is 1.33. The molecule has 0 spiro atoms. The molecule has 2 heterocycles. The Labute approximate surface area is 135 Å². The maximum absolute atomic E-state index is 12.4. The van der Waals surface area contributed by atoms with Crippen molar-refractivity contribution in [3.05, 3.63) is 62.1 Å². The fourth-order valence-corrected chi connectivity index (χ4v) is 3.39. The molecular formula is C16H15N3O3S. The number of anilines is 1. The quantitative estimate of drug-likeness (QED) is 0.795. The topological polar surface area (TPSA) is 73.1 Å². The summed E-state index contributed by atoms with van der Waals surface area (Å²) in [4.78, 5) is 38.2. The van der Waals surface area contributed by atoms with E-state index in [-0.39, 0.29) is 18.0 Å². The minimum Gasteiger partial charge on any atom is -0.325 e. The second-order valence-corrected chi connectivity index (χ2v) is 6.46. The number of hydrogen-bond acceptors (Lipinski definition) is 4. The number of nitrogens with one attached hydrogen (secondary N) is 1. The van der Waals surface area contributed by atoms with Crippen LogP contribution in [0.4, 0.5) is 5.69 Å². The molecule has 0 saturated heterocycles. The molecule has 118 valence electrons. The van der Waals surface area contributed by atoms with Crippen LogP contribution in [0.1, 0.15) is 4.88 Å². The average Bonchev–Trinajstić information content (AvgIpc) is 2.92. The van der Waals surface area contributed by atoms with E-state index in [1.165, 1.54) is 23.0 Å². The van der Waals surface area contributed by atoms with E-state index in [1.807, 2.05) is 25.1 Å². The maximum Gasteiger partial charge on any atom is 0.332 e. The molecule has 6 nitrogen and oxygen atoms in total. The zero-order valence-electron chi connectivity index (χ0n) is 12.7. The van der Waals surface area contributed by atoms with Gasteiger partial charge in [-0.25, -0.2) is 4.79 Å². The molecule has 7 heteroatoms. The zero-order valence-corrected chi connectivity index (χ0v) is 13.5. The van der Waals surface area contributed by atoms with Gasteiger partial charge >= 0.3 is 5.69 Å². The number of carbonyl (C=O) groups is 1. The molecule has 23 heavy (non-hydrogen) atoms. The molecule has 0 saturated carbocycles. The molecule has 0 radical (unpaired) electrons. The summed E-state index contributed by atoms with van der Waals surface area (Å²) in [6.45, 7) is 1.72. The van der Waals surface area contributed by atoms with Gasteiger partial charge in [-0.05, 0) is 25.1 Å². The molecule has 3 aromatic rings. The number of hydrogen-bond donors (Lipinski definition) is 1. The number of amides is 1. The maximum atomic E-state index is 12.4. The van der Waals surface area contributed by atoms with Gasteiger partial charge < -0.3 is 5.32 Å². The molecule has 0 unspecified atom stereocenters. The minimum atomic E-state index is -0.493. The number of benzene rings is 1. The number of aromatic nitrogens is 2. The van der Waals surface area contributed by atoms with Crippen molar-refractivity contribution >= 4 is 33.1 Å². The lowest BCUT2D eigenvalue weighted by Gasteiger charge is -2.10. The fraction of sp³-hybridized carbons (Fsp3) is 0.188. The Bertz CT molecular complexity index is 999. The summed E-state index contributed by atoms with van der Waals surface area (Å²) in [5.41, 5.74) is -0.171. The molecule has 1 aromatic carbocycles. The van der Waals surface area contributed by atoms with E-state index in [0.29, 0.717) is 15.9 Å². The van der Waals surface area contributed by atoms with E-state index in [0.717, 1.165) is 9.44 Å². The van der Waals surface area contributed by atoms with Crippen LogP contribution in [0, 0.1) is 6.92 Å². The highest BCUT2D eigenvalue weighted by molar-refractivity contribution is 7.18. The Morgan fingerprint density at radius 2 is 1.91 bits per heavy atom. The van der Waals surface area contributed by atoms with Crippen molar-refractivity contribution in [2.24, 2.45) is 7.05 Å². The molecule has 0 aliphatic rings.